The molecule has 0 saturated heterocycles. The second kappa shape index (κ2) is 5.89. The van der Waals surface area contributed by atoms with Gasteiger partial charge in [0.15, 0.2) is 0 Å². The van der Waals surface area contributed by atoms with E-state index in [2.05, 4.69) is 5.32 Å². The van der Waals surface area contributed by atoms with Crippen LogP contribution in [0.2, 0.25) is 5.02 Å². The highest BCUT2D eigenvalue weighted by molar-refractivity contribution is 6.30. The van der Waals surface area contributed by atoms with Gasteiger partial charge in [-0.15, -0.1) is 0 Å². The van der Waals surface area contributed by atoms with Crippen LogP contribution in [0.15, 0.2) is 36.4 Å². The smallest absolute Gasteiger partial charge is 0.228 e. The molecule has 0 aromatic heterocycles. The van der Waals surface area contributed by atoms with E-state index in [0.717, 1.165) is 0 Å². The standard InChI is InChI=1S/C14H14ClNO3/c15-9-5-7-10(8-6-9)16-13(17)11-3-1-2-4-12(11)14(18)19/h1-2,5-8,11-12H,3-4H2,(H,16,17)(H,18,19)/p-1/t11-,12+/m0/s1. The minimum absolute atomic E-state index is 0.305. The number of carboxylic acid groups (broad SMARTS) is 1. The molecule has 100 valence electrons. The van der Waals surface area contributed by atoms with E-state index in [0.29, 0.717) is 23.6 Å². The summed E-state index contributed by atoms with van der Waals surface area (Å²) < 4.78 is 0. The Morgan fingerprint density at radius 1 is 1.11 bits per heavy atom. The van der Waals surface area contributed by atoms with Gasteiger partial charge in [-0.3, -0.25) is 4.79 Å². The normalized spacial score (nSPS) is 21.9. The molecule has 0 heterocycles. The van der Waals surface area contributed by atoms with Gasteiger partial charge >= 0.3 is 0 Å². The SMILES string of the molecule is O=C(Nc1ccc(Cl)cc1)[C@H]1CC=CC[C@H]1C(=O)[O-]. The summed E-state index contributed by atoms with van der Waals surface area (Å²) in [6.07, 6.45) is 4.34. The summed E-state index contributed by atoms with van der Waals surface area (Å²) in [4.78, 5) is 23.1. The first-order valence-corrected chi connectivity index (χ1v) is 6.38. The van der Waals surface area contributed by atoms with Gasteiger partial charge in [-0.2, -0.15) is 0 Å². The van der Waals surface area contributed by atoms with Gasteiger partial charge in [0.1, 0.15) is 0 Å². The van der Waals surface area contributed by atoms with Crippen molar-refractivity contribution in [2.45, 2.75) is 12.8 Å². The summed E-state index contributed by atoms with van der Waals surface area (Å²) in [5, 5.41) is 14.3. The lowest BCUT2D eigenvalue weighted by atomic mass is 9.82. The largest absolute Gasteiger partial charge is 0.550 e. The van der Waals surface area contributed by atoms with Crippen molar-refractivity contribution in [1.29, 1.82) is 0 Å². The van der Waals surface area contributed by atoms with Crippen LogP contribution in [0.4, 0.5) is 5.69 Å². The first-order valence-electron chi connectivity index (χ1n) is 6.00. The van der Waals surface area contributed by atoms with Crippen LogP contribution in [0.3, 0.4) is 0 Å². The zero-order chi connectivity index (χ0) is 13.8. The van der Waals surface area contributed by atoms with E-state index in [4.69, 9.17) is 11.6 Å². The van der Waals surface area contributed by atoms with Crippen molar-refractivity contribution in [1.82, 2.24) is 0 Å². The molecule has 1 aliphatic carbocycles. The lowest BCUT2D eigenvalue weighted by molar-refractivity contribution is -0.313. The Kier molecular flexibility index (Phi) is 4.22. The monoisotopic (exact) mass is 278 g/mol. The highest BCUT2D eigenvalue weighted by Crippen LogP contribution is 2.26. The predicted molar refractivity (Wildman–Crippen MR) is 70.4 cm³/mol. The molecule has 0 radical (unpaired) electrons. The van der Waals surface area contributed by atoms with E-state index in [9.17, 15) is 14.7 Å². The maximum Gasteiger partial charge on any atom is 0.228 e. The molecule has 19 heavy (non-hydrogen) atoms. The third kappa shape index (κ3) is 3.35. The number of halogens is 1. The van der Waals surface area contributed by atoms with Gasteiger partial charge < -0.3 is 15.2 Å². The fourth-order valence-electron chi connectivity index (χ4n) is 2.13. The van der Waals surface area contributed by atoms with E-state index in [1.165, 1.54) is 0 Å². The van der Waals surface area contributed by atoms with Crippen LogP contribution in [0, 0.1) is 11.8 Å². The summed E-state index contributed by atoms with van der Waals surface area (Å²) >= 11 is 5.75. The second-order valence-corrected chi connectivity index (χ2v) is 4.91. The number of nitrogens with one attached hydrogen (secondary N) is 1. The first-order chi connectivity index (χ1) is 9.08. The number of aliphatic carboxylic acids is 1. The minimum Gasteiger partial charge on any atom is -0.550 e. The van der Waals surface area contributed by atoms with Crippen LogP contribution < -0.4 is 10.4 Å². The van der Waals surface area contributed by atoms with Gasteiger partial charge in [-0.1, -0.05) is 23.8 Å². The third-order valence-electron chi connectivity index (χ3n) is 3.18. The molecule has 0 unspecified atom stereocenters. The average molecular weight is 279 g/mol. The molecule has 1 aromatic rings. The van der Waals surface area contributed by atoms with Gasteiger partial charge in [0, 0.05) is 22.6 Å². The van der Waals surface area contributed by atoms with E-state index in [-0.39, 0.29) is 5.91 Å². The lowest BCUT2D eigenvalue weighted by Gasteiger charge is -2.28. The highest BCUT2D eigenvalue weighted by Gasteiger charge is 2.29. The Morgan fingerprint density at radius 2 is 1.68 bits per heavy atom. The molecular weight excluding hydrogens is 266 g/mol. The highest BCUT2D eigenvalue weighted by atomic mass is 35.5. The first kappa shape index (κ1) is 13.6. The van der Waals surface area contributed by atoms with E-state index < -0.39 is 17.8 Å². The van der Waals surface area contributed by atoms with Crippen molar-refractivity contribution in [2.75, 3.05) is 5.32 Å². The summed E-state index contributed by atoms with van der Waals surface area (Å²) in [5.74, 6) is -2.84. The van der Waals surface area contributed by atoms with Crippen LogP contribution in [0.25, 0.3) is 0 Å². The third-order valence-corrected chi connectivity index (χ3v) is 3.44. The maximum absolute atomic E-state index is 12.1. The number of carbonyl (C=O) groups excluding carboxylic acids is 2. The molecule has 4 nitrogen and oxygen atoms in total. The summed E-state index contributed by atoms with van der Waals surface area (Å²) in [7, 11) is 0. The lowest BCUT2D eigenvalue weighted by Crippen LogP contribution is -2.41. The number of hydrogen-bond acceptors (Lipinski definition) is 3. The number of allylic oxidation sites excluding steroid dienone is 2. The van der Waals surface area contributed by atoms with Crippen molar-refractivity contribution < 1.29 is 14.7 Å². The topological polar surface area (TPSA) is 69.2 Å². The van der Waals surface area contributed by atoms with Crippen molar-refractivity contribution in [3.8, 4) is 0 Å². The van der Waals surface area contributed by atoms with Crippen LogP contribution in [0.1, 0.15) is 12.8 Å². The Labute approximate surface area is 116 Å². The number of amides is 1. The minimum atomic E-state index is -1.18. The Bertz CT molecular complexity index is 510. The molecule has 1 aromatic carbocycles. The zero-order valence-corrected chi connectivity index (χ0v) is 10.9. The summed E-state index contributed by atoms with van der Waals surface area (Å²) in [6.45, 7) is 0. The molecule has 5 heteroatoms. The van der Waals surface area contributed by atoms with Gasteiger partial charge in [0.25, 0.3) is 0 Å². The molecule has 1 N–H and O–H groups in total. The van der Waals surface area contributed by atoms with Gasteiger partial charge in [-0.05, 0) is 37.1 Å². The molecule has 1 aliphatic rings. The number of hydrogen-bond donors (Lipinski definition) is 1. The molecule has 0 aliphatic heterocycles. The molecule has 0 fully saturated rings. The number of rotatable bonds is 3. The molecule has 0 saturated carbocycles. The molecule has 0 spiro atoms. The Balaban J connectivity index is 2.08. The van der Waals surface area contributed by atoms with E-state index >= 15 is 0 Å². The van der Waals surface area contributed by atoms with Gasteiger partial charge in [0.05, 0.1) is 5.92 Å². The molecule has 1 amide bonds. The second-order valence-electron chi connectivity index (χ2n) is 4.47. The number of benzene rings is 1. The fraction of sp³-hybridized carbons (Fsp3) is 0.286. The van der Waals surface area contributed by atoms with Crippen molar-refractivity contribution >= 4 is 29.2 Å². The molecular formula is C14H13ClNO3-. The van der Waals surface area contributed by atoms with Crippen molar-refractivity contribution in [3.05, 3.63) is 41.4 Å². The maximum atomic E-state index is 12.1. The quantitative estimate of drug-likeness (QED) is 0.854. The van der Waals surface area contributed by atoms with Crippen molar-refractivity contribution in [2.24, 2.45) is 11.8 Å². The molecule has 2 rings (SSSR count). The molecule has 0 bridgehead atoms. The summed E-state index contributed by atoms with van der Waals surface area (Å²) in [6, 6.07) is 6.67. The predicted octanol–water partition coefficient (Wildman–Crippen LogP) is 1.61. The molecule has 2 atom stereocenters. The van der Waals surface area contributed by atoms with E-state index in [1.807, 2.05) is 6.08 Å². The number of carboxylic acids is 1. The van der Waals surface area contributed by atoms with Crippen LogP contribution >= 0.6 is 11.6 Å². The van der Waals surface area contributed by atoms with Crippen LogP contribution in [-0.4, -0.2) is 11.9 Å². The Morgan fingerprint density at radius 3 is 2.26 bits per heavy atom. The van der Waals surface area contributed by atoms with Gasteiger partial charge in [-0.25, -0.2) is 0 Å². The Hall–Kier alpha value is -1.81. The fourth-order valence-corrected chi connectivity index (χ4v) is 2.26. The average Bonchev–Trinajstić information content (AvgIpc) is 2.41. The van der Waals surface area contributed by atoms with Crippen molar-refractivity contribution in [3.63, 3.8) is 0 Å². The van der Waals surface area contributed by atoms with E-state index in [1.54, 1.807) is 30.3 Å². The summed E-state index contributed by atoms with van der Waals surface area (Å²) in [5.41, 5.74) is 0.598. The van der Waals surface area contributed by atoms with Gasteiger partial charge in [0.2, 0.25) is 5.91 Å². The zero-order valence-electron chi connectivity index (χ0n) is 10.1. The number of anilines is 1. The van der Waals surface area contributed by atoms with Crippen LogP contribution in [0.5, 0.6) is 0 Å². The van der Waals surface area contributed by atoms with Crippen LogP contribution in [-0.2, 0) is 9.59 Å². The number of carbonyl (C=O) groups is 2.